The highest BCUT2D eigenvalue weighted by Gasteiger charge is 2.38. The molecule has 0 aliphatic carbocycles. The molecule has 0 fully saturated rings. The van der Waals surface area contributed by atoms with Gasteiger partial charge in [-0.25, -0.2) is 9.13 Å². The number of aryl methyl sites for hydroxylation is 2. The highest BCUT2D eigenvalue weighted by atomic mass is 16.5. The number of unbranched alkanes of at least 4 members (excludes halogenated alkanes) is 2. The molecule has 0 spiro atoms. The predicted molar refractivity (Wildman–Crippen MR) is 94.7 cm³/mol. The molecule has 2 amide bonds. The van der Waals surface area contributed by atoms with Crippen molar-refractivity contribution in [1.29, 1.82) is 0 Å². The van der Waals surface area contributed by atoms with Crippen LogP contribution in [-0.2, 0) is 23.2 Å². The second-order valence-corrected chi connectivity index (χ2v) is 6.85. The molecule has 0 saturated heterocycles. The molecule has 0 aromatic carbocycles. The summed E-state index contributed by atoms with van der Waals surface area (Å²) in [5.41, 5.74) is -1.11. The first-order valence-corrected chi connectivity index (χ1v) is 9.06. The minimum absolute atomic E-state index is 0.169. The Morgan fingerprint density at radius 2 is 1.84 bits per heavy atom. The molecule has 1 heterocycles. The van der Waals surface area contributed by atoms with Gasteiger partial charge in [0, 0.05) is 19.5 Å². The molecule has 0 radical (unpaired) electrons. The van der Waals surface area contributed by atoms with E-state index in [1.54, 1.807) is 27.7 Å². The number of rotatable bonds is 10. The van der Waals surface area contributed by atoms with Gasteiger partial charge >= 0.3 is 0 Å². The van der Waals surface area contributed by atoms with Crippen LogP contribution in [0, 0.1) is 0 Å². The van der Waals surface area contributed by atoms with Crippen LogP contribution in [-0.4, -0.2) is 50.2 Å². The van der Waals surface area contributed by atoms with E-state index < -0.39 is 5.54 Å². The Bertz CT molecular complexity index is 568. The van der Waals surface area contributed by atoms with E-state index in [4.69, 9.17) is 0 Å². The van der Waals surface area contributed by atoms with Gasteiger partial charge in [-0.3, -0.25) is 14.5 Å². The van der Waals surface area contributed by atoms with Gasteiger partial charge in [0.25, 0.3) is 5.91 Å². The number of imide groups is 1. The molecule has 7 heteroatoms. The molecule has 7 nitrogen and oxygen atoms in total. The van der Waals surface area contributed by atoms with Gasteiger partial charge < -0.3 is 5.21 Å². The monoisotopic (exact) mass is 353 g/mol. The van der Waals surface area contributed by atoms with E-state index >= 15 is 0 Å². The number of likely N-dealkylation sites (N-methyl/N-ethyl adjacent to an activating group) is 2. The van der Waals surface area contributed by atoms with Gasteiger partial charge in [0.15, 0.2) is 0 Å². The van der Waals surface area contributed by atoms with Crippen LogP contribution in [0.25, 0.3) is 0 Å². The second kappa shape index (κ2) is 9.68. The molecule has 0 saturated carbocycles. The fraction of sp³-hybridized carbons (Fsp3) is 0.722. The van der Waals surface area contributed by atoms with Crippen molar-refractivity contribution in [3.8, 4) is 0 Å². The maximum Gasteiger partial charge on any atom is 0.251 e. The summed E-state index contributed by atoms with van der Waals surface area (Å²) < 4.78 is 4.11. The summed E-state index contributed by atoms with van der Waals surface area (Å²) in [7, 11) is 1.99. The summed E-state index contributed by atoms with van der Waals surface area (Å²) >= 11 is 0. The van der Waals surface area contributed by atoms with Gasteiger partial charge in [-0.15, -0.1) is 0 Å². The van der Waals surface area contributed by atoms with Crippen molar-refractivity contribution in [3.05, 3.63) is 18.7 Å². The van der Waals surface area contributed by atoms with Crippen molar-refractivity contribution < 1.29 is 19.4 Å². The van der Waals surface area contributed by atoms with Gasteiger partial charge in [-0.2, -0.15) is 5.06 Å². The Hall–Kier alpha value is -1.73. The molecule has 0 unspecified atom stereocenters. The summed E-state index contributed by atoms with van der Waals surface area (Å²) in [6.45, 7) is 8.37. The highest BCUT2D eigenvalue weighted by Crippen LogP contribution is 2.17. The largest absolute Gasteiger partial charge is 0.313 e. The number of aromatic nitrogens is 2. The van der Waals surface area contributed by atoms with E-state index in [1.807, 2.05) is 30.3 Å². The maximum atomic E-state index is 12.6. The standard InChI is InChI=1S/C18H33N4O3/c1-6-21(17(24)18(3,4)22(25)7-2)16(23)11-9-8-10-12-20-14-13-19(5)15-20/h13-15,25H,6-12H2,1-5H3/q+1. The number of nitrogens with zero attached hydrogens (tertiary/aromatic N) is 4. The van der Waals surface area contributed by atoms with Crippen LogP contribution < -0.4 is 4.57 Å². The zero-order chi connectivity index (χ0) is 19.0. The van der Waals surface area contributed by atoms with Gasteiger partial charge in [0.2, 0.25) is 12.2 Å². The minimum atomic E-state index is -1.11. The molecule has 1 rings (SSSR count). The van der Waals surface area contributed by atoms with E-state index in [-0.39, 0.29) is 11.8 Å². The molecule has 0 aliphatic rings. The fourth-order valence-corrected chi connectivity index (χ4v) is 2.79. The van der Waals surface area contributed by atoms with Crippen LogP contribution >= 0.6 is 0 Å². The summed E-state index contributed by atoms with van der Waals surface area (Å²) in [5, 5.41) is 10.9. The number of hydrogen-bond acceptors (Lipinski definition) is 4. The highest BCUT2D eigenvalue weighted by molar-refractivity contribution is 5.99. The Kier molecular flexibility index (Phi) is 8.25. The smallest absolute Gasteiger partial charge is 0.251 e. The summed E-state index contributed by atoms with van der Waals surface area (Å²) in [6, 6.07) is 0. The third kappa shape index (κ3) is 5.93. The molecule has 25 heavy (non-hydrogen) atoms. The molecular weight excluding hydrogens is 320 g/mol. The van der Waals surface area contributed by atoms with Crippen LogP contribution in [0.2, 0.25) is 0 Å². The lowest BCUT2D eigenvalue weighted by Crippen LogP contribution is -2.56. The summed E-state index contributed by atoms with van der Waals surface area (Å²) in [4.78, 5) is 26.3. The Morgan fingerprint density at radius 3 is 2.36 bits per heavy atom. The van der Waals surface area contributed by atoms with Gasteiger partial charge in [0.05, 0.1) is 13.6 Å². The van der Waals surface area contributed by atoms with Crippen molar-refractivity contribution in [3.63, 3.8) is 0 Å². The number of amides is 2. The average Bonchev–Trinajstić information content (AvgIpc) is 2.99. The average molecular weight is 353 g/mol. The zero-order valence-corrected chi connectivity index (χ0v) is 16.2. The Balaban J connectivity index is 2.43. The van der Waals surface area contributed by atoms with Crippen molar-refractivity contribution >= 4 is 11.8 Å². The van der Waals surface area contributed by atoms with Crippen molar-refractivity contribution in [2.75, 3.05) is 13.1 Å². The zero-order valence-electron chi connectivity index (χ0n) is 16.2. The van der Waals surface area contributed by atoms with E-state index in [2.05, 4.69) is 4.57 Å². The van der Waals surface area contributed by atoms with Crippen molar-refractivity contribution in [2.45, 2.75) is 65.5 Å². The van der Waals surface area contributed by atoms with Crippen LogP contribution in [0.5, 0.6) is 0 Å². The number of hydrogen-bond donors (Lipinski definition) is 1. The van der Waals surface area contributed by atoms with E-state index in [0.717, 1.165) is 30.9 Å². The molecule has 0 bridgehead atoms. The van der Waals surface area contributed by atoms with Gasteiger partial charge in [-0.05, 0) is 40.0 Å². The number of carbonyl (C=O) groups is 2. The van der Waals surface area contributed by atoms with Crippen molar-refractivity contribution in [1.82, 2.24) is 14.5 Å². The Morgan fingerprint density at radius 1 is 1.16 bits per heavy atom. The second-order valence-electron chi connectivity index (χ2n) is 6.85. The number of hydroxylamine groups is 2. The molecule has 1 aromatic rings. The molecule has 0 atom stereocenters. The summed E-state index contributed by atoms with van der Waals surface area (Å²) in [6.07, 6.45) is 9.09. The first-order chi connectivity index (χ1) is 11.7. The Labute approximate surface area is 150 Å². The molecule has 1 N–H and O–H groups in total. The number of carbonyl (C=O) groups excluding carboxylic acids is 2. The molecular formula is C18H33N4O3+. The quantitative estimate of drug-likeness (QED) is 0.395. The normalized spacial score (nSPS) is 11.8. The summed E-state index contributed by atoms with van der Waals surface area (Å²) in [5.74, 6) is -0.526. The van der Waals surface area contributed by atoms with Gasteiger partial charge in [-0.1, -0.05) is 6.92 Å². The fourth-order valence-electron chi connectivity index (χ4n) is 2.79. The van der Waals surface area contributed by atoms with Gasteiger partial charge in [0.1, 0.15) is 17.9 Å². The predicted octanol–water partition coefficient (Wildman–Crippen LogP) is 1.74. The molecule has 0 aliphatic heterocycles. The SMILES string of the molecule is CCN(C(=O)CCCCCn1cc[n+](C)c1)C(=O)C(C)(C)N(O)CC. The first kappa shape index (κ1) is 21.3. The van der Waals surface area contributed by atoms with E-state index in [9.17, 15) is 14.8 Å². The number of imidazole rings is 1. The van der Waals surface area contributed by atoms with Crippen LogP contribution in [0.15, 0.2) is 18.7 Å². The minimum Gasteiger partial charge on any atom is -0.313 e. The van der Waals surface area contributed by atoms with Crippen LogP contribution in [0.3, 0.4) is 0 Å². The van der Waals surface area contributed by atoms with E-state index in [0.29, 0.717) is 19.5 Å². The third-order valence-corrected chi connectivity index (χ3v) is 4.46. The van der Waals surface area contributed by atoms with E-state index in [1.165, 1.54) is 4.90 Å². The van der Waals surface area contributed by atoms with Crippen LogP contribution in [0.4, 0.5) is 0 Å². The first-order valence-electron chi connectivity index (χ1n) is 9.06. The molecule has 1 aromatic heterocycles. The van der Waals surface area contributed by atoms with Crippen LogP contribution in [0.1, 0.15) is 53.4 Å². The third-order valence-electron chi connectivity index (χ3n) is 4.46. The van der Waals surface area contributed by atoms with Crippen molar-refractivity contribution in [2.24, 2.45) is 7.05 Å². The molecule has 142 valence electrons. The maximum absolute atomic E-state index is 12.6. The lowest BCUT2D eigenvalue weighted by molar-refractivity contribution is -0.671. The topological polar surface area (TPSA) is 69.7 Å². The lowest BCUT2D eigenvalue weighted by atomic mass is 10.0. The lowest BCUT2D eigenvalue weighted by Gasteiger charge is -2.35.